The van der Waals surface area contributed by atoms with Crippen molar-refractivity contribution in [3.05, 3.63) is 0 Å². The van der Waals surface area contributed by atoms with Crippen molar-refractivity contribution >= 4 is 12.6 Å². The largest absolute Gasteiger partial charge is 0.382 e. The second kappa shape index (κ2) is 23.1. The topological polar surface area (TPSA) is 64.6 Å². The van der Waals surface area contributed by atoms with Crippen molar-refractivity contribution in [1.29, 1.82) is 0 Å². The Bertz CT molecular complexity index is 201. The number of methoxy groups -OCH3 is 1. The molecule has 0 aromatic rings. The highest BCUT2D eigenvalue weighted by atomic mass is 32.1. The van der Waals surface area contributed by atoms with E-state index in [0.717, 1.165) is 18.8 Å². The van der Waals surface area contributed by atoms with E-state index in [2.05, 4.69) is 12.6 Å². The standard InChI is InChI=1S/C16H34O7S/c1-17-4-5-19-8-9-21-12-13-23-15-14-22-11-10-20-7-6-18-3-2-16-24/h24H,2-16H2,1H3. The molecule has 0 aliphatic heterocycles. The van der Waals surface area contributed by atoms with Crippen LogP contribution in [0.15, 0.2) is 0 Å². The quantitative estimate of drug-likeness (QED) is 0.239. The average molecular weight is 371 g/mol. The summed E-state index contributed by atoms with van der Waals surface area (Å²) in [5.74, 6) is 0.853. The van der Waals surface area contributed by atoms with Crippen LogP contribution >= 0.6 is 12.6 Å². The lowest BCUT2D eigenvalue weighted by molar-refractivity contribution is -0.0190. The third kappa shape index (κ3) is 22.1. The van der Waals surface area contributed by atoms with Crippen molar-refractivity contribution in [2.45, 2.75) is 6.42 Å². The minimum absolute atomic E-state index is 0.556. The maximum absolute atomic E-state index is 5.39. The summed E-state index contributed by atoms with van der Waals surface area (Å²) in [5, 5.41) is 0. The molecule has 24 heavy (non-hydrogen) atoms. The Morgan fingerprint density at radius 3 is 1.04 bits per heavy atom. The molecule has 0 unspecified atom stereocenters. The smallest absolute Gasteiger partial charge is 0.0701 e. The van der Waals surface area contributed by atoms with Crippen molar-refractivity contribution in [2.24, 2.45) is 0 Å². The van der Waals surface area contributed by atoms with Crippen LogP contribution in [-0.4, -0.2) is 98.8 Å². The molecular weight excluding hydrogens is 336 g/mol. The van der Waals surface area contributed by atoms with E-state index in [4.69, 9.17) is 33.2 Å². The first-order valence-electron chi connectivity index (χ1n) is 8.48. The Labute approximate surface area is 151 Å². The van der Waals surface area contributed by atoms with E-state index >= 15 is 0 Å². The summed E-state index contributed by atoms with van der Waals surface area (Å²) in [6, 6.07) is 0. The van der Waals surface area contributed by atoms with Crippen LogP contribution in [0.1, 0.15) is 6.42 Å². The van der Waals surface area contributed by atoms with Crippen LogP contribution in [0.2, 0.25) is 0 Å². The normalized spacial score (nSPS) is 11.2. The van der Waals surface area contributed by atoms with E-state index in [-0.39, 0.29) is 0 Å². The van der Waals surface area contributed by atoms with Gasteiger partial charge in [-0.3, -0.25) is 0 Å². The van der Waals surface area contributed by atoms with E-state index in [0.29, 0.717) is 79.3 Å². The van der Waals surface area contributed by atoms with Crippen molar-refractivity contribution in [1.82, 2.24) is 0 Å². The zero-order valence-corrected chi connectivity index (χ0v) is 15.8. The molecule has 0 rings (SSSR count). The first kappa shape index (κ1) is 24.1. The van der Waals surface area contributed by atoms with E-state index < -0.39 is 0 Å². The first-order valence-corrected chi connectivity index (χ1v) is 9.11. The highest BCUT2D eigenvalue weighted by Gasteiger charge is 1.94. The Morgan fingerprint density at radius 1 is 0.458 bits per heavy atom. The highest BCUT2D eigenvalue weighted by Crippen LogP contribution is 1.87. The van der Waals surface area contributed by atoms with Crippen LogP contribution in [0.5, 0.6) is 0 Å². The number of ether oxygens (including phenoxy) is 7. The van der Waals surface area contributed by atoms with Gasteiger partial charge in [0.05, 0.1) is 79.3 Å². The Hall–Kier alpha value is 0.0700. The Kier molecular flexibility index (Phi) is 23.1. The predicted molar refractivity (Wildman–Crippen MR) is 95.3 cm³/mol. The molecule has 0 aliphatic carbocycles. The molecular formula is C16H34O7S. The lowest BCUT2D eigenvalue weighted by Gasteiger charge is -2.08. The minimum Gasteiger partial charge on any atom is -0.382 e. The SMILES string of the molecule is COCCOCCOCCOCCOCCOCCOCCCS. The predicted octanol–water partition coefficient (Wildman–Crippen LogP) is 1.05. The summed E-state index contributed by atoms with van der Waals surface area (Å²) in [5.41, 5.74) is 0. The van der Waals surface area contributed by atoms with Gasteiger partial charge in [0, 0.05) is 13.7 Å². The summed E-state index contributed by atoms with van der Waals surface area (Å²) >= 11 is 4.11. The van der Waals surface area contributed by atoms with Gasteiger partial charge in [0.25, 0.3) is 0 Å². The molecule has 0 aromatic heterocycles. The van der Waals surface area contributed by atoms with Gasteiger partial charge in [-0.25, -0.2) is 0 Å². The van der Waals surface area contributed by atoms with Crippen molar-refractivity contribution in [3.8, 4) is 0 Å². The van der Waals surface area contributed by atoms with Crippen LogP contribution in [0.4, 0.5) is 0 Å². The molecule has 8 heteroatoms. The zero-order chi connectivity index (χ0) is 17.6. The van der Waals surface area contributed by atoms with Gasteiger partial charge in [0.1, 0.15) is 0 Å². The Morgan fingerprint density at radius 2 is 0.750 bits per heavy atom. The van der Waals surface area contributed by atoms with Gasteiger partial charge in [-0.05, 0) is 12.2 Å². The third-order valence-corrected chi connectivity index (χ3v) is 3.05. The van der Waals surface area contributed by atoms with Gasteiger partial charge < -0.3 is 33.2 Å². The second-order valence-electron chi connectivity index (χ2n) is 4.74. The zero-order valence-electron chi connectivity index (χ0n) is 14.9. The highest BCUT2D eigenvalue weighted by molar-refractivity contribution is 7.80. The molecule has 0 N–H and O–H groups in total. The minimum atomic E-state index is 0.556. The molecule has 0 amide bonds. The van der Waals surface area contributed by atoms with Crippen LogP contribution in [-0.2, 0) is 33.2 Å². The Balaban J connectivity index is 2.93. The van der Waals surface area contributed by atoms with Gasteiger partial charge >= 0.3 is 0 Å². The van der Waals surface area contributed by atoms with Gasteiger partial charge in [-0.1, -0.05) is 0 Å². The summed E-state index contributed by atoms with van der Waals surface area (Å²) in [4.78, 5) is 0. The third-order valence-electron chi connectivity index (χ3n) is 2.74. The molecule has 0 atom stereocenters. The van der Waals surface area contributed by atoms with Gasteiger partial charge in [0.15, 0.2) is 0 Å². The lowest BCUT2D eigenvalue weighted by atomic mass is 10.5. The molecule has 0 saturated heterocycles. The average Bonchev–Trinajstić information content (AvgIpc) is 2.60. The van der Waals surface area contributed by atoms with Crippen molar-refractivity contribution in [3.63, 3.8) is 0 Å². The molecule has 0 bridgehead atoms. The summed E-state index contributed by atoms with van der Waals surface area (Å²) in [7, 11) is 1.65. The summed E-state index contributed by atoms with van der Waals surface area (Å²) < 4.78 is 37.0. The number of hydrogen-bond acceptors (Lipinski definition) is 8. The molecule has 146 valence electrons. The molecule has 0 fully saturated rings. The molecule has 0 heterocycles. The van der Waals surface area contributed by atoms with Crippen LogP contribution in [0.25, 0.3) is 0 Å². The summed E-state index contributed by atoms with van der Waals surface area (Å²) in [6.07, 6.45) is 0.972. The monoisotopic (exact) mass is 370 g/mol. The van der Waals surface area contributed by atoms with E-state index in [1.165, 1.54) is 0 Å². The van der Waals surface area contributed by atoms with Crippen molar-refractivity contribution < 1.29 is 33.2 Å². The lowest BCUT2D eigenvalue weighted by Crippen LogP contribution is -2.14. The van der Waals surface area contributed by atoms with Gasteiger partial charge in [0.2, 0.25) is 0 Å². The van der Waals surface area contributed by atoms with Crippen molar-refractivity contribution in [2.75, 3.05) is 98.8 Å². The maximum atomic E-state index is 5.39. The van der Waals surface area contributed by atoms with Gasteiger partial charge in [-0.15, -0.1) is 0 Å². The van der Waals surface area contributed by atoms with Crippen LogP contribution in [0, 0.1) is 0 Å². The molecule has 0 aromatic carbocycles. The van der Waals surface area contributed by atoms with Crippen LogP contribution < -0.4 is 0 Å². The molecule has 0 radical (unpaired) electrons. The number of thiol groups is 1. The van der Waals surface area contributed by atoms with Gasteiger partial charge in [-0.2, -0.15) is 12.6 Å². The number of hydrogen-bond donors (Lipinski definition) is 1. The molecule has 0 saturated carbocycles. The van der Waals surface area contributed by atoms with Crippen LogP contribution in [0.3, 0.4) is 0 Å². The first-order chi connectivity index (χ1) is 11.9. The van der Waals surface area contributed by atoms with E-state index in [1.807, 2.05) is 0 Å². The fourth-order valence-corrected chi connectivity index (χ4v) is 1.64. The fourth-order valence-electron chi connectivity index (χ4n) is 1.51. The second-order valence-corrected chi connectivity index (χ2v) is 5.19. The summed E-state index contributed by atoms with van der Waals surface area (Å²) in [6.45, 7) is 7.68. The maximum Gasteiger partial charge on any atom is 0.0701 e. The van der Waals surface area contributed by atoms with E-state index in [1.54, 1.807) is 7.11 Å². The molecule has 0 aliphatic rings. The molecule has 7 nitrogen and oxygen atoms in total. The molecule has 0 spiro atoms. The van der Waals surface area contributed by atoms with E-state index in [9.17, 15) is 0 Å². The number of rotatable bonds is 21. The fraction of sp³-hybridized carbons (Fsp3) is 1.00.